The van der Waals surface area contributed by atoms with Gasteiger partial charge in [-0.2, -0.15) is 0 Å². The van der Waals surface area contributed by atoms with Gasteiger partial charge in [-0.05, 0) is 70.1 Å². The van der Waals surface area contributed by atoms with E-state index < -0.39 is 0 Å². The van der Waals surface area contributed by atoms with Gasteiger partial charge in [-0.25, -0.2) is 0 Å². The summed E-state index contributed by atoms with van der Waals surface area (Å²) >= 11 is 0. The molecule has 0 aromatic carbocycles. The molecule has 0 bridgehead atoms. The van der Waals surface area contributed by atoms with Crippen LogP contribution >= 0.6 is 0 Å². The Balaban J connectivity index is 0.000000622. The molecule has 22 heavy (non-hydrogen) atoms. The Bertz CT molecular complexity index is 291. The zero-order valence-corrected chi connectivity index (χ0v) is 15.3. The first-order valence-corrected chi connectivity index (χ1v) is 7.37. The molecule has 0 unspecified atom stereocenters. The van der Waals surface area contributed by atoms with Crippen LogP contribution in [0.25, 0.3) is 0 Å². The molecule has 0 aromatic rings. The van der Waals surface area contributed by atoms with Crippen LogP contribution in [-0.2, 0) is 21.8 Å². The van der Waals surface area contributed by atoms with Crippen LogP contribution in [0, 0.1) is 69.1 Å². The standard InChI is InChI=1S/C14H22NO.C5H5.Fe/c1-11(12-8-6-7-9-12)15-13(10-16-5)14(2,3)4;1-2-4-5-3-1;/h6-9,13H,10H2,1-5H3;1-5H;/q;;+2/t13-;;/m1../s1. The largest absolute Gasteiger partial charge is 2.00 e. The smallest absolute Gasteiger partial charge is 0.382 e. The molecule has 2 nitrogen and oxygen atoms in total. The molecular weight excluding hydrogens is 314 g/mol. The fourth-order valence-corrected chi connectivity index (χ4v) is 1.88. The van der Waals surface area contributed by atoms with Gasteiger partial charge >= 0.3 is 17.1 Å². The van der Waals surface area contributed by atoms with E-state index in [1.165, 1.54) is 5.92 Å². The van der Waals surface area contributed by atoms with Crippen LogP contribution in [-0.4, -0.2) is 25.5 Å². The zero-order valence-electron chi connectivity index (χ0n) is 14.2. The fraction of sp³-hybridized carbons (Fsp3) is 0.421. The summed E-state index contributed by atoms with van der Waals surface area (Å²) < 4.78 is 5.24. The number of rotatable bonds is 4. The van der Waals surface area contributed by atoms with Gasteiger partial charge in [0.15, 0.2) is 0 Å². The van der Waals surface area contributed by atoms with E-state index in [0.29, 0.717) is 6.61 Å². The first kappa shape index (κ1) is 22.1. The van der Waals surface area contributed by atoms with E-state index in [0.717, 1.165) is 5.71 Å². The molecule has 1 atom stereocenters. The van der Waals surface area contributed by atoms with Crippen molar-refractivity contribution in [2.75, 3.05) is 13.7 Å². The van der Waals surface area contributed by atoms with Crippen LogP contribution in [0.1, 0.15) is 27.7 Å². The van der Waals surface area contributed by atoms with Gasteiger partial charge in [0.05, 0.1) is 12.6 Å². The molecule has 0 saturated heterocycles. The summed E-state index contributed by atoms with van der Waals surface area (Å²) in [6, 6.07) is 0.201. The monoisotopic (exact) mass is 341 g/mol. The van der Waals surface area contributed by atoms with Crippen molar-refractivity contribution in [1.29, 1.82) is 0 Å². The number of aliphatic imine (C=N–C) groups is 1. The maximum atomic E-state index is 5.24. The number of methoxy groups -OCH3 is 1. The van der Waals surface area contributed by atoms with Gasteiger partial charge in [0.25, 0.3) is 0 Å². The van der Waals surface area contributed by atoms with Gasteiger partial charge in [-0.15, -0.1) is 0 Å². The molecular formula is C19H27FeNO+2. The van der Waals surface area contributed by atoms with Gasteiger partial charge in [0.1, 0.15) is 0 Å². The number of ether oxygens (including phenoxy) is 1. The van der Waals surface area contributed by atoms with Crippen LogP contribution in [0.15, 0.2) is 4.99 Å². The van der Waals surface area contributed by atoms with Crippen molar-refractivity contribution in [2.45, 2.75) is 33.7 Å². The summed E-state index contributed by atoms with van der Waals surface area (Å²) in [5.74, 6) is 1.20. The first-order valence-electron chi connectivity index (χ1n) is 7.37. The molecule has 2 saturated carbocycles. The van der Waals surface area contributed by atoms with E-state index in [4.69, 9.17) is 9.73 Å². The molecule has 0 spiro atoms. The fourth-order valence-electron chi connectivity index (χ4n) is 1.88. The maximum absolute atomic E-state index is 5.24. The van der Waals surface area contributed by atoms with Crippen molar-refractivity contribution >= 4 is 5.71 Å². The molecule has 0 N–H and O–H groups in total. The summed E-state index contributed by atoms with van der Waals surface area (Å²) in [6.45, 7) is 9.31. The molecule has 2 aliphatic carbocycles. The molecule has 3 heteroatoms. The third-order valence-electron chi connectivity index (χ3n) is 3.31. The molecule has 0 amide bonds. The van der Waals surface area contributed by atoms with Gasteiger partial charge in [0, 0.05) is 18.7 Å². The van der Waals surface area contributed by atoms with Gasteiger partial charge in [0.2, 0.25) is 0 Å². The van der Waals surface area contributed by atoms with E-state index in [2.05, 4.69) is 40.5 Å². The summed E-state index contributed by atoms with van der Waals surface area (Å²) in [4.78, 5) is 4.77. The van der Waals surface area contributed by atoms with Crippen molar-refractivity contribution in [3.8, 4) is 0 Å². The Labute approximate surface area is 149 Å². The van der Waals surface area contributed by atoms with Gasteiger partial charge in [-0.3, -0.25) is 4.99 Å². The van der Waals surface area contributed by atoms with Crippen LogP contribution in [0.4, 0.5) is 0 Å². The Hall–Kier alpha value is 0.149. The quantitative estimate of drug-likeness (QED) is 0.561. The van der Waals surface area contributed by atoms with Crippen LogP contribution < -0.4 is 0 Å². The van der Waals surface area contributed by atoms with E-state index in [1.54, 1.807) is 7.11 Å². The van der Waals surface area contributed by atoms with Crippen LogP contribution in [0.2, 0.25) is 0 Å². The van der Waals surface area contributed by atoms with Crippen LogP contribution in [0.3, 0.4) is 0 Å². The summed E-state index contributed by atoms with van der Waals surface area (Å²) in [6.07, 6.45) is 18.3. The molecule has 0 aliphatic heterocycles. The third-order valence-corrected chi connectivity index (χ3v) is 3.31. The predicted octanol–water partition coefficient (Wildman–Crippen LogP) is 3.93. The minimum Gasteiger partial charge on any atom is -0.382 e. The van der Waals surface area contributed by atoms with Crippen LogP contribution in [0.5, 0.6) is 0 Å². The van der Waals surface area contributed by atoms with Crippen molar-refractivity contribution in [1.82, 2.24) is 0 Å². The number of hydrogen-bond donors (Lipinski definition) is 0. The topological polar surface area (TPSA) is 21.6 Å². The van der Waals surface area contributed by atoms with E-state index >= 15 is 0 Å². The number of nitrogens with zero attached hydrogens (tertiary/aromatic N) is 1. The molecule has 10 radical (unpaired) electrons. The average molecular weight is 341 g/mol. The molecule has 2 rings (SSSR count). The van der Waals surface area contributed by atoms with Crippen molar-refractivity contribution in [3.63, 3.8) is 0 Å². The number of hydrogen-bond acceptors (Lipinski definition) is 2. The Morgan fingerprint density at radius 2 is 1.45 bits per heavy atom. The van der Waals surface area contributed by atoms with Gasteiger partial charge < -0.3 is 4.74 Å². The normalized spacial score (nSPS) is 21.0. The average Bonchev–Trinajstić information content (AvgIpc) is 3.12. The Morgan fingerprint density at radius 3 is 1.82 bits per heavy atom. The first-order chi connectivity index (χ1) is 9.95. The minimum atomic E-state index is 0. The maximum Gasteiger partial charge on any atom is 2.00 e. The Morgan fingerprint density at radius 1 is 1.00 bits per heavy atom. The van der Waals surface area contributed by atoms with Crippen molar-refractivity contribution < 1.29 is 21.8 Å². The molecule has 0 heterocycles. The second-order valence-electron chi connectivity index (χ2n) is 6.19. The minimum absolute atomic E-state index is 0. The molecule has 120 valence electrons. The SMILES string of the molecule is COC[C@@H](N=C(C)[C]1[CH][CH][CH][CH]1)C(C)(C)C.[CH]1[CH][CH][CH][CH]1.[Fe+2]. The summed E-state index contributed by atoms with van der Waals surface area (Å²) in [5, 5.41) is 0. The van der Waals surface area contributed by atoms with Crippen molar-refractivity contribution in [3.05, 3.63) is 63.7 Å². The molecule has 0 aromatic heterocycles. The zero-order chi connectivity index (χ0) is 15.7. The second-order valence-corrected chi connectivity index (χ2v) is 6.19. The van der Waals surface area contributed by atoms with Crippen molar-refractivity contribution in [2.24, 2.45) is 10.4 Å². The Kier molecular flexibility index (Phi) is 11.7. The third kappa shape index (κ3) is 8.70. The summed E-state index contributed by atoms with van der Waals surface area (Å²) in [7, 11) is 1.73. The second kappa shape index (κ2) is 11.6. The predicted molar refractivity (Wildman–Crippen MR) is 90.2 cm³/mol. The van der Waals surface area contributed by atoms with Gasteiger partial charge in [-0.1, -0.05) is 20.8 Å². The summed E-state index contributed by atoms with van der Waals surface area (Å²) in [5.41, 5.74) is 1.21. The molecule has 2 aliphatic rings. The van der Waals surface area contributed by atoms with E-state index in [1.807, 2.05) is 44.9 Å². The van der Waals surface area contributed by atoms with E-state index in [9.17, 15) is 0 Å². The molecule has 2 fully saturated rings. The van der Waals surface area contributed by atoms with E-state index in [-0.39, 0.29) is 28.5 Å².